The quantitative estimate of drug-likeness (QED) is 0.664. The molecule has 1 N–H and O–H groups in total. The van der Waals surface area contributed by atoms with E-state index in [9.17, 15) is 26.1 Å². The number of nitrogens with one attached hydrogen (secondary N) is 1. The summed E-state index contributed by atoms with van der Waals surface area (Å²) in [6.07, 6.45) is 0. The number of halogens is 1. The molecule has 3 rings (SSSR count). The minimum absolute atomic E-state index is 0.0857. The molecule has 0 unspecified atom stereocenters. The molecular weight excluding hydrogens is 275 g/mol. The first kappa shape index (κ1) is 10.5. The van der Waals surface area contributed by atoms with Gasteiger partial charge in [-0.05, 0) is 12.1 Å². The van der Waals surface area contributed by atoms with E-state index in [1.165, 1.54) is 6.07 Å². The molecule has 1 aromatic rings. The van der Waals surface area contributed by atoms with Crippen molar-refractivity contribution in [2.24, 2.45) is 0 Å². The number of hydrogen-bond acceptors (Lipinski definition) is 5. The smallest absolute Gasteiger partial charge is 0.278 e. The summed E-state index contributed by atoms with van der Waals surface area (Å²) in [5.41, 5.74) is -0.550. The van der Waals surface area contributed by atoms with Crippen molar-refractivity contribution in [2.75, 3.05) is 4.72 Å². The molecule has 10 heteroatoms. The van der Waals surface area contributed by atoms with Gasteiger partial charge in [0.1, 0.15) is 9.79 Å². The highest BCUT2D eigenvalue weighted by atomic mass is 32.2. The van der Waals surface area contributed by atoms with Gasteiger partial charge in [-0.25, -0.2) is 8.42 Å². The Bertz CT molecular complexity index is 783. The van der Waals surface area contributed by atoms with Gasteiger partial charge in [0, 0.05) is 0 Å². The van der Waals surface area contributed by atoms with Gasteiger partial charge in [0.05, 0.1) is 11.3 Å². The van der Waals surface area contributed by atoms with Crippen LogP contribution in [0.3, 0.4) is 0 Å². The molecule has 1 aromatic carbocycles. The third kappa shape index (κ3) is 1.01. The summed E-state index contributed by atoms with van der Waals surface area (Å²) in [5, 5.41) is 0. The Labute approximate surface area is 94.9 Å². The first-order valence-electron chi connectivity index (χ1n) is 4.22. The second-order valence-electron chi connectivity index (χ2n) is 3.45. The summed E-state index contributed by atoms with van der Waals surface area (Å²) in [5.74, 6) is -1.48. The van der Waals surface area contributed by atoms with Crippen molar-refractivity contribution in [3.63, 3.8) is 0 Å². The zero-order chi connectivity index (χ0) is 12.6. The number of carbonyl (C=O) groups excluding carboxylic acids is 1. The number of carbonyl (C=O) groups is 1. The fourth-order valence-electron chi connectivity index (χ4n) is 1.77. The maximum Gasteiger partial charge on any atom is 0.300 e. The van der Waals surface area contributed by atoms with Crippen molar-refractivity contribution >= 4 is 31.6 Å². The van der Waals surface area contributed by atoms with E-state index in [1.807, 2.05) is 4.72 Å². The van der Waals surface area contributed by atoms with Crippen LogP contribution in [0, 0.1) is 0 Å². The van der Waals surface area contributed by atoms with E-state index in [0.717, 1.165) is 6.07 Å². The standard InChI is InChI=1S/C7H3FN2O5S2/c8-10-7(11)5-4(17(10,14)15)2-1-3-6(5)16(12,13)9-3/h1-2,9H. The van der Waals surface area contributed by atoms with Crippen LogP contribution in [0.25, 0.3) is 0 Å². The molecule has 0 saturated carbocycles. The third-order valence-electron chi connectivity index (χ3n) is 2.49. The van der Waals surface area contributed by atoms with Crippen molar-refractivity contribution in [2.45, 2.75) is 9.79 Å². The van der Waals surface area contributed by atoms with Crippen molar-refractivity contribution in [1.82, 2.24) is 4.53 Å². The number of benzene rings is 1. The van der Waals surface area contributed by atoms with Gasteiger partial charge in [0.15, 0.2) is 0 Å². The van der Waals surface area contributed by atoms with Crippen LogP contribution in [0.2, 0.25) is 0 Å². The van der Waals surface area contributed by atoms with Crippen LogP contribution in [0.1, 0.15) is 10.4 Å². The Morgan fingerprint density at radius 2 is 1.82 bits per heavy atom. The maximum absolute atomic E-state index is 13.2. The molecular formula is C7H3FN2O5S2. The highest BCUT2D eigenvalue weighted by Gasteiger charge is 2.49. The molecule has 0 radical (unpaired) electrons. The molecule has 0 saturated heterocycles. The minimum Gasteiger partial charge on any atom is -0.278 e. The second kappa shape index (κ2) is 2.59. The Hall–Kier alpha value is -1.68. The predicted octanol–water partition coefficient (Wildman–Crippen LogP) is -0.170. The van der Waals surface area contributed by atoms with Crippen LogP contribution in [-0.2, 0) is 20.0 Å². The maximum atomic E-state index is 13.2. The van der Waals surface area contributed by atoms with E-state index >= 15 is 0 Å². The van der Waals surface area contributed by atoms with Gasteiger partial charge in [0.25, 0.3) is 26.0 Å². The lowest BCUT2D eigenvalue weighted by atomic mass is 10.2. The Morgan fingerprint density at radius 1 is 1.18 bits per heavy atom. The van der Waals surface area contributed by atoms with Gasteiger partial charge < -0.3 is 0 Å². The lowest BCUT2D eigenvalue weighted by Gasteiger charge is -2.22. The highest BCUT2D eigenvalue weighted by molar-refractivity contribution is 7.95. The normalized spacial score (nSPS) is 22.4. The molecule has 17 heavy (non-hydrogen) atoms. The van der Waals surface area contributed by atoms with E-state index in [4.69, 9.17) is 0 Å². The molecule has 2 aliphatic heterocycles. The van der Waals surface area contributed by atoms with E-state index < -0.39 is 45.8 Å². The summed E-state index contributed by atoms with van der Waals surface area (Å²) in [4.78, 5) is 10.3. The monoisotopic (exact) mass is 278 g/mol. The lowest BCUT2D eigenvalue weighted by Crippen LogP contribution is -2.28. The van der Waals surface area contributed by atoms with E-state index in [0.29, 0.717) is 0 Å². The first-order chi connectivity index (χ1) is 7.77. The number of anilines is 1. The summed E-state index contributed by atoms with van der Waals surface area (Å²) in [6.45, 7) is 0. The van der Waals surface area contributed by atoms with E-state index in [1.54, 1.807) is 0 Å². The Morgan fingerprint density at radius 3 is 2.41 bits per heavy atom. The number of sulfonamides is 2. The molecule has 0 spiro atoms. The number of amides is 1. The van der Waals surface area contributed by atoms with Crippen LogP contribution in [0.15, 0.2) is 21.9 Å². The minimum atomic E-state index is -4.56. The van der Waals surface area contributed by atoms with Crippen LogP contribution >= 0.6 is 0 Å². The van der Waals surface area contributed by atoms with Gasteiger partial charge in [-0.2, -0.15) is 8.42 Å². The Balaban J connectivity index is 2.49. The Kier molecular flexibility index (Phi) is 1.60. The predicted molar refractivity (Wildman–Crippen MR) is 51.7 cm³/mol. The molecule has 0 atom stereocenters. The van der Waals surface area contributed by atoms with Gasteiger partial charge >= 0.3 is 0 Å². The van der Waals surface area contributed by atoms with Crippen LogP contribution < -0.4 is 4.72 Å². The molecule has 2 heterocycles. The van der Waals surface area contributed by atoms with Crippen molar-refractivity contribution in [1.29, 1.82) is 0 Å². The zero-order valence-corrected chi connectivity index (χ0v) is 9.47. The molecule has 2 aliphatic rings. The van der Waals surface area contributed by atoms with Gasteiger partial charge in [-0.15, -0.1) is 0 Å². The van der Waals surface area contributed by atoms with Crippen LogP contribution in [0.4, 0.5) is 10.2 Å². The number of hydrogen-bond donors (Lipinski definition) is 1. The fourth-order valence-corrected chi connectivity index (χ4v) is 4.29. The van der Waals surface area contributed by atoms with E-state index in [-0.39, 0.29) is 5.69 Å². The molecule has 90 valence electrons. The first-order valence-corrected chi connectivity index (χ1v) is 7.14. The summed E-state index contributed by atoms with van der Waals surface area (Å²) < 4.78 is 59.7. The summed E-state index contributed by atoms with van der Waals surface area (Å²) in [6, 6.07) is 2.15. The highest BCUT2D eigenvalue weighted by Crippen LogP contribution is 2.43. The largest absolute Gasteiger partial charge is 0.300 e. The van der Waals surface area contributed by atoms with Crippen molar-refractivity contribution < 1.29 is 26.1 Å². The number of fused-ring (bicyclic) bond motifs is 3. The molecule has 1 amide bonds. The molecule has 0 aliphatic carbocycles. The van der Waals surface area contributed by atoms with Gasteiger partial charge in [0.2, 0.25) is 0 Å². The van der Waals surface area contributed by atoms with Crippen LogP contribution in [-0.4, -0.2) is 27.3 Å². The second-order valence-corrected chi connectivity index (χ2v) is 6.78. The number of nitrogens with zero attached hydrogens (tertiary/aromatic N) is 1. The summed E-state index contributed by atoms with van der Waals surface area (Å²) >= 11 is 0. The SMILES string of the molecule is O=C1c2c(ccc3c2S(=O)(=O)N3)S(=O)(=O)N1F. The van der Waals surface area contributed by atoms with E-state index in [2.05, 4.69) is 0 Å². The van der Waals surface area contributed by atoms with Gasteiger partial charge in [-0.1, -0.05) is 9.01 Å². The average molecular weight is 278 g/mol. The number of rotatable bonds is 0. The molecule has 0 bridgehead atoms. The van der Waals surface area contributed by atoms with Crippen molar-refractivity contribution in [3.8, 4) is 0 Å². The molecule has 7 nitrogen and oxygen atoms in total. The fraction of sp³-hybridized carbons (Fsp3) is 0. The molecule has 0 aromatic heterocycles. The van der Waals surface area contributed by atoms with Crippen LogP contribution in [0.5, 0.6) is 0 Å². The van der Waals surface area contributed by atoms with Gasteiger partial charge in [-0.3, -0.25) is 9.52 Å². The lowest BCUT2D eigenvalue weighted by molar-refractivity contribution is 0.0606. The average Bonchev–Trinajstić information content (AvgIpc) is 2.38. The topological polar surface area (TPSA) is 101 Å². The molecule has 0 fully saturated rings. The summed E-state index contributed by atoms with van der Waals surface area (Å²) in [7, 11) is -8.47. The van der Waals surface area contributed by atoms with Crippen molar-refractivity contribution in [3.05, 3.63) is 17.7 Å². The zero-order valence-electron chi connectivity index (χ0n) is 7.84. The third-order valence-corrected chi connectivity index (χ3v) is 5.43.